The van der Waals surface area contributed by atoms with Gasteiger partial charge >= 0.3 is 97.1 Å². The molecule has 2 heterocycles. The van der Waals surface area contributed by atoms with Crippen molar-refractivity contribution in [1.82, 2.24) is 0 Å². The zero-order chi connectivity index (χ0) is 10.5. The number of hydrogen-bond donors (Lipinski definition) is 0. The molecule has 0 atom stereocenters. The fourth-order valence-corrected chi connectivity index (χ4v) is 3.80. The van der Waals surface area contributed by atoms with Crippen LogP contribution in [0, 0.1) is 0 Å². The molecule has 2 nitrogen and oxygen atoms in total. The van der Waals surface area contributed by atoms with Crippen LogP contribution >= 0.6 is 0 Å². The summed E-state index contributed by atoms with van der Waals surface area (Å²) in [5.41, 5.74) is 0. The molecule has 0 aromatic carbocycles. The Morgan fingerprint density at radius 3 is 2.93 bits per heavy atom. The second-order valence-electron chi connectivity index (χ2n) is 3.86. The van der Waals surface area contributed by atoms with Gasteiger partial charge in [-0.25, -0.2) is 0 Å². The van der Waals surface area contributed by atoms with Crippen molar-refractivity contribution in [3.63, 3.8) is 0 Å². The standard InChI is InChI=1S/C12H18O2Se/c1-2-3-4-5-6-11-12-10(9-15-11)13-7-8-14-12/h9H,2-8H2,1H3. The van der Waals surface area contributed by atoms with Crippen LogP contribution in [-0.2, 0) is 6.42 Å². The molecule has 0 unspecified atom stereocenters. The second-order valence-corrected chi connectivity index (χ2v) is 5.88. The van der Waals surface area contributed by atoms with Crippen LogP contribution < -0.4 is 9.47 Å². The first-order valence-electron chi connectivity index (χ1n) is 5.77. The minimum absolute atomic E-state index is 0.487. The SMILES string of the molecule is CCCCCCc1[se]cc2c1OCCO2. The molecule has 1 aromatic rings. The molecule has 0 fully saturated rings. The summed E-state index contributed by atoms with van der Waals surface area (Å²) in [6, 6.07) is 0. The van der Waals surface area contributed by atoms with Crippen molar-refractivity contribution >= 4 is 14.5 Å². The van der Waals surface area contributed by atoms with Crippen LogP contribution in [0.3, 0.4) is 0 Å². The molecule has 0 bridgehead atoms. The van der Waals surface area contributed by atoms with E-state index in [2.05, 4.69) is 11.9 Å². The third-order valence-electron chi connectivity index (χ3n) is 2.63. The monoisotopic (exact) mass is 274 g/mol. The zero-order valence-electron chi connectivity index (χ0n) is 9.25. The molecule has 0 amide bonds. The number of unbranched alkanes of at least 4 members (excludes halogenated alkanes) is 3. The quantitative estimate of drug-likeness (QED) is 0.606. The Kier molecular flexibility index (Phi) is 4.16. The van der Waals surface area contributed by atoms with Gasteiger partial charge in [0.1, 0.15) is 0 Å². The van der Waals surface area contributed by atoms with Gasteiger partial charge in [0.25, 0.3) is 0 Å². The Balaban J connectivity index is 1.88. The van der Waals surface area contributed by atoms with Crippen molar-refractivity contribution in [2.75, 3.05) is 13.2 Å². The van der Waals surface area contributed by atoms with Gasteiger partial charge in [-0.15, -0.1) is 0 Å². The van der Waals surface area contributed by atoms with Gasteiger partial charge < -0.3 is 0 Å². The van der Waals surface area contributed by atoms with Gasteiger partial charge in [0.15, 0.2) is 0 Å². The molecule has 0 aliphatic carbocycles. The van der Waals surface area contributed by atoms with Crippen LogP contribution in [0.2, 0.25) is 0 Å². The van der Waals surface area contributed by atoms with E-state index < -0.39 is 0 Å². The molecule has 15 heavy (non-hydrogen) atoms. The van der Waals surface area contributed by atoms with Gasteiger partial charge in [-0.1, -0.05) is 0 Å². The summed E-state index contributed by atoms with van der Waals surface area (Å²) >= 11 is 0.487. The summed E-state index contributed by atoms with van der Waals surface area (Å²) < 4.78 is 12.7. The molecule has 1 aromatic heterocycles. The van der Waals surface area contributed by atoms with Crippen molar-refractivity contribution in [1.29, 1.82) is 0 Å². The summed E-state index contributed by atoms with van der Waals surface area (Å²) in [5, 5.41) is 0. The number of rotatable bonds is 5. The van der Waals surface area contributed by atoms with E-state index in [9.17, 15) is 0 Å². The average molecular weight is 273 g/mol. The summed E-state index contributed by atoms with van der Waals surface area (Å²) in [7, 11) is 0. The Bertz CT molecular complexity index is 307. The van der Waals surface area contributed by atoms with Crippen molar-refractivity contribution in [2.24, 2.45) is 0 Å². The van der Waals surface area contributed by atoms with Crippen LogP contribution in [0.25, 0.3) is 0 Å². The normalized spacial score (nSPS) is 14.2. The number of ether oxygens (including phenoxy) is 2. The molecule has 84 valence electrons. The van der Waals surface area contributed by atoms with Gasteiger partial charge in [0, 0.05) is 0 Å². The molecule has 2 rings (SSSR count). The zero-order valence-corrected chi connectivity index (χ0v) is 11.0. The van der Waals surface area contributed by atoms with E-state index in [4.69, 9.17) is 9.47 Å². The molecule has 1 aliphatic rings. The van der Waals surface area contributed by atoms with E-state index in [-0.39, 0.29) is 0 Å². The van der Waals surface area contributed by atoms with Crippen molar-refractivity contribution in [3.05, 3.63) is 9.38 Å². The van der Waals surface area contributed by atoms with Crippen molar-refractivity contribution in [2.45, 2.75) is 39.0 Å². The first kappa shape index (κ1) is 11.1. The van der Waals surface area contributed by atoms with Crippen molar-refractivity contribution < 1.29 is 9.47 Å². The molecular formula is C12H18O2Se. The van der Waals surface area contributed by atoms with Gasteiger partial charge in [-0.2, -0.15) is 0 Å². The van der Waals surface area contributed by atoms with Crippen LogP contribution in [-0.4, -0.2) is 27.7 Å². The Morgan fingerprint density at radius 2 is 2.07 bits per heavy atom. The predicted octanol–water partition coefficient (Wildman–Crippen LogP) is 2.64. The summed E-state index contributed by atoms with van der Waals surface area (Å²) in [6.07, 6.45) is 6.52. The molecule has 0 saturated heterocycles. The molecular weight excluding hydrogens is 255 g/mol. The van der Waals surface area contributed by atoms with Crippen molar-refractivity contribution in [3.8, 4) is 11.5 Å². The molecule has 3 heteroatoms. The van der Waals surface area contributed by atoms with Crippen LogP contribution in [0.1, 0.15) is 37.0 Å². The predicted molar refractivity (Wildman–Crippen MR) is 62.2 cm³/mol. The summed E-state index contributed by atoms with van der Waals surface area (Å²) in [5.74, 6) is 2.10. The van der Waals surface area contributed by atoms with Crippen LogP contribution in [0.4, 0.5) is 0 Å². The second kappa shape index (κ2) is 5.62. The Labute approximate surface area is 97.3 Å². The number of aryl methyl sites for hydroxylation is 1. The first-order chi connectivity index (χ1) is 7.42. The third kappa shape index (κ3) is 2.79. The van der Waals surface area contributed by atoms with Gasteiger partial charge in [0.2, 0.25) is 0 Å². The van der Waals surface area contributed by atoms with Crippen LogP contribution in [0.15, 0.2) is 4.94 Å². The van der Waals surface area contributed by atoms with E-state index in [1.54, 1.807) is 0 Å². The summed E-state index contributed by atoms with van der Waals surface area (Å²) in [6.45, 7) is 3.69. The molecule has 0 saturated carbocycles. The Morgan fingerprint density at radius 1 is 1.20 bits per heavy atom. The Hall–Kier alpha value is -0.401. The minimum atomic E-state index is 0.487. The molecule has 1 aliphatic heterocycles. The number of fused-ring (bicyclic) bond motifs is 1. The molecule has 0 spiro atoms. The fourth-order valence-electron chi connectivity index (χ4n) is 1.80. The van der Waals surface area contributed by atoms with Gasteiger partial charge in [-0.05, 0) is 0 Å². The van der Waals surface area contributed by atoms with Crippen LogP contribution in [0.5, 0.6) is 11.5 Å². The van der Waals surface area contributed by atoms with E-state index >= 15 is 0 Å². The first-order valence-corrected chi connectivity index (χ1v) is 7.62. The van der Waals surface area contributed by atoms with E-state index in [0.29, 0.717) is 21.1 Å². The maximum absolute atomic E-state index is 5.67. The maximum atomic E-state index is 5.67. The fraction of sp³-hybridized carbons (Fsp3) is 0.667. The third-order valence-corrected chi connectivity index (χ3v) is 4.74. The topological polar surface area (TPSA) is 18.5 Å². The molecule has 0 radical (unpaired) electrons. The number of hydrogen-bond acceptors (Lipinski definition) is 2. The van der Waals surface area contributed by atoms with E-state index in [0.717, 1.165) is 18.1 Å². The average Bonchev–Trinajstić information content (AvgIpc) is 2.68. The van der Waals surface area contributed by atoms with Gasteiger partial charge in [-0.3, -0.25) is 0 Å². The van der Waals surface area contributed by atoms with Gasteiger partial charge in [0.05, 0.1) is 0 Å². The van der Waals surface area contributed by atoms with E-state index in [1.807, 2.05) is 0 Å². The van der Waals surface area contributed by atoms with E-state index in [1.165, 1.54) is 36.5 Å². The molecule has 0 N–H and O–H groups in total. The summed E-state index contributed by atoms with van der Waals surface area (Å²) in [4.78, 5) is 2.22.